The highest BCUT2D eigenvalue weighted by Crippen LogP contribution is 1.99. The third-order valence-electron chi connectivity index (χ3n) is 2.11. The van der Waals surface area contributed by atoms with Gasteiger partial charge in [0, 0.05) is 0 Å². The molecular formula is C9H19NO. The maximum atomic E-state index is 10.9. The normalized spacial score (nSPS) is 13.5. The Labute approximate surface area is 69.6 Å². The zero-order valence-electron chi connectivity index (χ0n) is 8.05. The van der Waals surface area contributed by atoms with Crippen LogP contribution in [0.1, 0.15) is 33.6 Å². The molecule has 0 aromatic heterocycles. The van der Waals surface area contributed by atoms with Crippen LogP contribution in [0, 0.1) is 0 Å². The van der Waals surface area contributed by atoms with Crippen LogP contribution in [-0.2, 0) is 4.79 Å². The van der Waals surface area contributed by atoms with Gasteiger partial charge in [-0.25, -0.2) is 0 Å². The van der Waals surface area contributed by atoms with Crippen LogP contribution in [-0.4, -0.2) is 30.3 Å². The third kappa shape index (κ3) is 4.14. The molecule has 0 saturated heterocycles. The Hall–Kier alpha value is -0.370. The summed E-state index contributed by atoms with van der Waals surface area (Å²) < 4.78 is 0. The standard InChI is InChI=1S/C9H19NO/c1-5-6-7-10(4)8(2)9(3)11/h8H,5-7H2,1-4H3. The van der Waals surface area contributed by atoms with E-state index in [2.05, 4.69) is 11.8 Å². The van der Waals surface area contributed by atoms with Gasteiger partial charge in [-0.1, -0.05) is 13.3 Å². The molecule has 0 aromatic carbocycles. The highest BCUT2D eigenvalue weighted by molar-refractivity contribution is 5.80. The van der Waals surface area contributed by atoms with Crippen LogP contribution >= 0.6 is 0 Å². The number of ketones is 1. The summed E-state index contributed by atoms with van der Waals surface area (Å²) in [6.07, 6.45) is 2.36. The molecule has 0 aliphatic rings. The summed E-state index contributed by atoms with van der Waals surface area (Å²) in [4.78, 5) is 13.0. The second kappa shape index (κ2) is 5.30. The van der Waals surface area contributed by atoms with Crippen LogP contribution in [0.15, 0.2) is 0 Å². The summed E-state index contributed by atoms with van der Waals surface area (Å²) in [6.45, 7) is 6.79. The molecular weight excluding hydrogens is 138 g/mol. The molecule has 66 valence electrons. The van der Waals surface area contributed by atoms with Crippen LogP contribution < -0.4 is 0 Å². The molecule has 0 aliphatic carbocycles. The Morgan fingerprint density at radius 2 is 2.09 bits per heavy atom. The minimum atomic E-state index is 0.0848. The quantitative estimate of drug-likeness (QED) is 0.605. The van der Waals surface area contributed by atoms with Crippen molar-refractivity contribution in [1.29, 1.82) is 0 Å². The first-order valence-electron chi connectivity index (χ1n) is 4.30. The van der Waals surface area contributed by atoms with Gasteiger partial charge in [0.2, 0.25) is 0 Å². The Balaban J connectivity index is 3.63. The third-order valence-corrected chi connectivity index (χ3v) is 2.11. The molecule has 0 heterocycles. The van der Waals surface area contributed by atoms with Crippen molar-refractivity contribution in [1.82, 2.24) is 4.90 Å². The minimum absolute atomic E-state index is 0.0848. The second-order valence-corrected chi connectivity index (χ2v) is 3.12. The van der Waals surface area contributed by atoms with Gasteiger partial charge in [0.1, 0.15) is 5.78 Å². The number of unbranched alkanes of at least 4 members (excludes halogenated alkanes) is 1. The molecule has 1 unspecified atom stereocenters. The van der Waals surface area contributed by atoms with Crippen molar-refractivity contribution in [3.05, 3.63) is 0 Å². The summed E-state index contributed by atoms with van der Waals surface area (Å²) in [5.41, 5.74) is 0. The maximum absolute atomic E-state index is 10.9. The number of hydrogen-bond donors (Lipinski definition) is 0. The molecule has 0 amide bonds. The molecule has 11 heavy (non-hydrogen) atoms. The van der Waals surface area contributed by atoms with E-state index < -0.39 is 0 Å². The second-order valence-electron chi connectivity index (χ2n) is 3.12. The number of hydrogen-bond acceptors (Lipinski definition) is 2. The van der Waals surface area contributed by atoms with Crippen molar-refractivity contribution in [3.63, 3.8) is 0 Å². The van der Waals surface area contributed by atoms with Gasteiger partial charge in [0.05, 0.1) is 6.04 Å². The molecule has 2 heteroatoms. The van der Waals surface area contributed by atoms with E-state index in [0.29, 0.717) is 0 Å². The summed E-state index contributed by atoms with van der Waals surface area (Å²) in [6, 6.07) is 0.0848. The average molecular weight is 157 g/mol. The van der Waals surface area contributed by atoms with E-state index in [0.717, 1.165) is 6.54 Å². The van der Waals surface area contributed by atoms with E-state index in [-0.39, 0.29) is 11.8 Å². The van der Waals surface area contributed by atoms with E-state index in [1.807, 2.05) is 14.0 Å². The van der Waals surface area contributed by atoms with Crippen molar-refractivity contribution >= 4 is 5.78 Å². The Morgan fingerprint density at radius 3 is 2.45 bits per heavy atom. The molecule has 1 atom stereocenters. The zero-order chi connectivity index (χ0) is 8.85. The molecule has 0 aliphatic heterocycles. The number of carbonyl (C=O) groups excluding carboxylic acids is 1. The molecule has 2 nitrogen and oxygen atoms in total. The number of rotatable bonds is 5. The fourth-order valence-corrected chi connectivity index (χ4v) is 0.912. The fourth-order valence-electron chi connectivity index (χ4n) is 0.912. The first kappa shape index (κ1) is 10.6. The average Bonchev–Trinajstić information content (AvgIpc) is 1.98. The lowest BCUT2D eigenvalue weighted by molar-refractivity contribution is -0.121. The number of carbonyl (C=O) groups is 1. The first-order valence-corrected chi connectivity index (χ1v) is 4.30. The highest BCUT2D eigenvalue weighted by Gasteiger charge is 2.11. The largest absolute Gasteiger partial charge is 0.298 e. The number of nitrogens with zero attached hydrogens (tertiary/aromatic N) is 1. The van der Waals surface area contributed by atoms with E-state index in [4.69, 9.17) is 0 Å². The lowest BCUT2D eigenvalue weighted by Crippen LogP contribution is -2.35. The van der Waals surface area contributed by atoms with E-state index >= 15 is 0 Å². The van der Waals surface area contributed by atoms with Crippen LogP contribution in [0.25, 0.3) is 0 Å². The Bertz CT molecular complexity index is 123. The number of likely N-dealkylation sites (N-methyl/N-ethyl adjacent to an activating group) is 1. The van der Waals surface area contributed by atoms with E-state index in [9.17, 15) is 4.79 Å². The predicted molar refractivity (Wildman–Crippen MR) is 47.7 cm³/mol. The van der Waals surface area contributed by atoms with Crippen LogP contribution in [0.3, 0.4) is 0 Å². The van der Waals surface area contributed by atoms with Gasteiger partial charge in [-0.15, -0.1) is 0 Å². The molecule has 0 radical (unpaired) electrons. The molecule has 0 fully saturated rings. The molecule has 0 saturated carbocycles. The lowest BCUT2D eigenvalue weighted by atomic mass is 10.2. The zero-order valence-corrected chi connectivity index (χ0v) is 8.05. The van der Waals surface area contributed by atoms with Crippen LogP contribution in [0.4, 0.5) is 0 Å². The summed E-state index contributed by atoms with van der Waals surface area (Å²) in [5, 5.41) is 0. The van der Waals surface area contributed by atoms with Crippen molar-refractivity contribution in [2.24, 2.45) is 0 Å². The molecule has 0 bridgehead atoms. The van der Waals surface area contributed by atoms with Crippen LogP contribution in [0.2, 0.25) is 0 Å². The smallest absolute Gasteiger partial charge is 0.146 e. The van der Waals surface area contributed by atoms with E-state index in [1.54, 1.807) is 6.92 Å². The SMILES string of the molecule is CCCCN(C)C(C)C(C)=O. The van der Waals surface area contributed by atoms with Gasteiger partial charge in [0.15, 0.2) is 0 Å². The van der Waals surface area contributed by atoms with E-state index in [1.165, 1.54) is 12.8 Å². The summed E-state index contributed by atoms with van der Waals surface area (Å²) >= 11 is 0. The fraction of sp³-hybridized carbons (Fsp3) is 0.889. The molecule has 0 rings (SSSR count). The summed E-state index contributed by atoms with van der Waals surface area (Å²) in [5.74, 6) is 0.253. The Kier molecular flexibility index (Phi) is 5.12. The van der Waals surface area contributed by atoms with Crippen molar-refractivity contribution < 1.29 is 4.79 Å². The summed E-state index contributed by atoms with van der Waals surface area (Å²) in [7, 11) is 2.00. The lowest BCUT2D eigenvalue weighted by Gasteiger charge is -2.21. The number of Topliss-reactive ketones (excluding diaryl/α,β-unsaturated/α-hetero) is 1. The highest BCUT2D eigenvalue weighted by atomic mass is 16.1. The maximum Gasteiger partial charge on any atom is 0.146 e. The molecule has 0 spiro atoms. The van der Waals surface area contributed by atoms with Crippen molar-refractivity contribution in [3.8, 4) is 0 Å². The van der Waals surface area contributed by atoms with Gasteiger partial charge in [-0.2, -0.15) is 0 Å². The Morgan fingerprint density at radius 1 is 1.55 bits per heavy atom. The van der Waals surface area contributed by atoms with Gasteiger partial charge in [-0.05, 0) is 33.9 Å². The topological polar surface area (TPSA) is 20.3 Å². The first-order chi connectivity index (χ1) is 5.09. The van der Waals surface area contributed by atoms with Gasteiger partial charge >= 0.3 is 0 Å². The molecule has 0 aromatic rings. The van der Waals surface area contributed by atoms with Gasteiger partial charge in [0.25, 0.3) is 0 Å². The minimum Gasteiger partial charge on any atom is -0.298 e. The van der Waals surface area contributed by atoms with Crippen LogP contribution in [0.5, 0.6) is 0 Å². The van der Waals surface area contributed by atoms with Gasteiger partial charge in [-0.3, -0.25) is 9.69 Å². The van der Waals surface area contributed by atoms with Crippen molar-refractivity contribution in [2.45, 2.75) is 39.7 Å². The molecule has 0 N–H and O–H groups in total. The predicted octanol–water partition coefficient (Wildman–Crippen LogP) is 1.70. The van der Waals surface area contributed by atoms with Crippen molar-refractivity contribution in [2.75, 3.05) is 13.6 Å². The van der Waals surface area contributed by atoms with Gasteiger partial charge < -0.3 is 0 Å². The monoisotopic (exact) mass is 157 g/mol.